The van der Waals surface area contributed by atoms with Crippen LogP contribution in [-0.2, 0) is 6.42 Å². The third-order valence-electron chi connectivity index (χ3n) is 3.54. The van der Waals surface area contributed by atoms with E-state index in [1.165, 1.54) is 7.11 Å². The molecule has 0 spiro atoms. The molecule has 0 atom stereocenters. The zero-order valence-corrected chi connectivity index (χ0v) is 13.2. The van der Waals surface area contributed by atoms with Crippen molar-refractivity contribution < 1.29 is 19.0 Å². The van der Waals surface area contributed by atoms with Gasteiger partial charge in [-0.15, -0.1) is 6.42 Å². The summed E-state index contributed by atoms with van der Waals surface area (Å²) >= 11 is 0. The zero-order valence-electron chi connectivity index (χ0n) is 13.2. The van der Waals surface area contributed by atoms with Gasteiger partial charge in [-0.3, -0.25) is 4.79 Å². The van der Waals surface area contributed by atoms with Crippen LogP contribution >= 0.6 is 0 Å². The minimum Gasteiger partial charge on any atom is -0.493 e. The van der Waals surface area contributed by atoms with Crippen LogP contribution in [0.1, 0.15) is 35.7 Å². The Morgan fingerprint density at radius 2 is 2.09 bits per heavy atom. The molecule has 0 heterocycles. The second-order valence-corrected chi connectivity index (χ2v) is 5.06. The largest absolute Gasteiger partial charge is 0.493 e. The van der Waals surface area contributed by atoms with E-state index in [2.05, 4.69) is 11.2 Å². The maximum atomic E-state index is 12.4. The average Bonchev–Trinajstić information content (AvgIpc) is 3.34. The molecule has 1 aliphatic carbocycles. The summed E-state index contributed by atoms with van der Waals surface area (Å²) in [5.41, 5.74) is 1.34. The summed E-state index contributed by atoms with van der Waals surface area (Å²) in [6.45, 7) is 2.06. The Balaban J connectivity index is 2.48. The SMILES string of the molecule is C#CCOc1c(OC)cc(C(=O)NC2CC2)c(CC)c1OC. The van der Waals surface area contributed by atoms with Gasteiger partial charge in [0, 0.05) is 11.6 Å². The van der Waals surface area contributed by atoms with Crippen LogP contribution in [-0.4, -0.2) is 32.8 Å². The molecule has 1 amide bonds. The number of rotatable bonds is 7. The van der Waals surface area contributed by atoms with E-state index in [1.54, 1.807) is 13.2 Å². The van der Waals surface area contributed by atoms with Gasteiger partial charge >= 0.3 is 0 Å². The molecule has 1 saturated carbocycles. The first-order valence-electron chi connectivity index (χ1n) is 7.31. The number of methoxy groups -OCH3 is 2. The third kappa shape index (κ3) is 3.28. The Labute approximate surface area is 130 Å². The van der Waals surface area contributed by atoms with Crippen LogP contribution in [0.5, 0.6) is 17.2 Å². The summed E-state index contributed by atoms with van der Waals surface area (Å²) in [5, 5.41) is 2.99. The molecule has 0 aliphatic heterocycles. The second-order valence-electron chi connectivity index (χ2n) is 5.06. The van der Waals surface area contributed by atoms with Gasteiger partial charge in [-0.1, -0.05) is 12.8 Å². The normalized spacial score (nSPS) is 13.2. The van der Waals surface area contributed by atoms with Crippen molar-refractivity contribution in [3.8, 4) is 29.6 Å². The van der Waals surface area contributed by atoms with Crippen LogP contribution in [0.15, 0.2) is 6.07 Å². The summed E-state index contributed by atoms with van der Waals surface area (Å²) in [5.74, 6) is 3.67. The Morgan fingerprint density at radius 1 is 1.36 bits per heavy atom. The highest BCUT2D eigenvalue weighted by Crippen LogP contribution is 2.42. The molecule has 5 nitrogen and oxygen atoms in total. The Hall–Kier alpha value is -2.35. The molecule has 5 heteroatoms. The van der Waals surface area contributed by atoms with E-state index in [0.29, 0.717) is 29.2 Å². The third-order valence-corrected chi connectivity index (χ3v) is 3.54. The molecule has 1 aliphatic rings. The summed E-state index contributed by atoms with van der Waals surface area (Å²) in [4.78, 5) is 12.4. The maximum absolute atomic E-state index is 12.4. The second kappa shape index (κ2) is 7.08. The topological polar surface area (TPSA) is 56.8 Å². The summed E-state index contributed by atoms with van der Waals surface area (Å²) < 4.78 is 16.4. The molecular formula is C17H21NO4. The maximum Gasteiger partial charge on any atom is 0.252 e. The van der Waals surface area contributed by atoms with Gasteiger partial charge in [0.15, 0.2) is 11.5 Å². The predicted molar refractivity (Wildman–Crippen MR) is 83.7 cm³/mol. The number of terminal acetylenes is 1. The standard InChI is InChI=1S/C17H21NO4/c1-5-9-22-16-14(20-3)10-13(12(6-2)15(16)21-4)17(19)18-11-7-8-11/h1,10-11H,6-9H2,2-4H3,(H,18,19). The molecule has 1 fully saturated rings. The van der Waals surface area contributed by atoms with E-state index in [1.807, 2.05) is 6.92 Å². The van der Waals surface area contributed by atoms with Crippen molar-refractivity contribution in [2.24, 2.45) is 0 Å². The monoisotopic (exact) mass is 303 g/mol. The van der Waals surface area contributed by atoms with Crippen LogP contribution in [0.3, 0.4) is 0 Å². The van der Waals surface area contributed by atoms with Gasteiger partial charge in [0.2, 0.25) is 5.75 Å². The van der Waals surface area contributed by atoms with Gasteiger partial charge in [0.05, 0.1) is 19.8 Å². The van der Waals surface area contributed by atoms with Gasteiger partial charge in [0.1, 0.15) is 6.61 Å². The molecule has 22 heavy (non-hydrogen) atoms. The molecule has 0 radical (unpaired) electrons. The van der Waals surface area contributed by atoms with E-state index in [0.717, 1.165) is 18.4 Å². The molecule has 1 N–H and O–H groups in total. The van der Waals surface area contributed by atoms with Gasteiger partial charge in [-0.25, -0.2) is 0 Å². The first-order valence-corrected chi connectivity index (χ1v) is 7.31. The van der Waals surface area contributed by atoms with E-state index in [4.69, 9.17) is 20.6 Å². The van der Waals surface area contributed by atoms with Crippen LogP contribution in [0, 0.1) is 12.3 Å². The van der Waals surface area contributed by atoms with Crippen LogP contribution < -0.4 is 19.5 Å². The number of ether oxygens (including phenoxy) is 3. The lowest BCUT2D eigenvalue weighted by molar-refractivity contribution is 0.0949. The minimum atomic E-state index is -0.112. The smallest absolute Gasteiger partial charge is 0.252 e. The number of benzene rings is 1. The number of carbonyl (C=O) groups excluding carboxylic acids is 1. The quantitative estimate of drug-likeness (QED) is 0.784. The van der Waals surface area contributed by atoms with Crippen molar-refractivity contribution in [2.45, 2.75) is 32.2 Å². The van der Waals surface area contributed by atoms with Crippen molar-refractivity contribution in [3.63, 3.8) is 0 Å². The highest BCUT2D eigenvalue weighted by atomic mass is 16.5. The number of amides is 1. The molecule has 2 rings (SSSR count). The Morgan fingerprint density at radius 3 is 2.59 bits per heavy atom. The molecule has 0 unspecified atom stereocenters. The molecule has 0 saturated heterocycles. The van der Waals surface area contributed by atoms with Crippen molar-refractivity contribution in [1.29, 1.82) is 0 Å². The van der Waals surface area contributed by atoms with Gasteiger partial charge in [0.25, 0.3) is 5.91 Å². The highest BCUT2D eigenvalue weighted by Gasteiger charge is 2.28. The van der Waals surface area contributed by atoms with Crippen LogP contribution in [0.2, 0.25) is 0 Å². The zero-order chi connectivity index (χ0) is 16.1. The molecule has 118 valence electrons. The number of hydrogen-bond acceptors (Lipinski definition) is 4. The Bertz CT molecular complexity index is 600. The molecule has 0 bridgehead atoms. The van der Waals surface area contributed by atoms with E-state index < -0.39 is 0 Å². The minimum absolute atomic E-state index is 0.101. The number of nitrogens with one attached hydrogen (secondary N) is 1. The van der Waals surface area contributed by atoms with Crippen molar-refractivity contribution >= 4 is 5.91 Å². The van der Waals surface area contributed by atoms with Crippen molar-refractivity contribution in [1.82, 2.24) is 5.32 Å². The average molecular weight is 303 g/mol. The first kappa shape index (κ1) is 16.0. The number of hydrogen-bond donors (Lipinski definition) is 1. The van der Waals surface area contributed by atoms with E-state index in [9.17, 15) is 4.79 Å². The molecular weight excluding hydrogens is 282 g/mol. The summed E-state index contributed by atoms with van der Waals surface area (Å²) in [6.07, 6.45) is 7.95. The summed E-state index contributed by atoms with van der Waals surface area (Å²) in [6, 6.07) is 1.97. The van der Waals surface area contributed by atoms with E-state index in [-0.39, 0.29) is 18.6 Å². The molecule has 1 aromatic rings. The summed E-state index contributed by atoms with van der Waals surface area (Å²) in [7, 11) is 3.06. The lowest BCUT2D eigenvalue weighted by Gasteiger charge is -2.19. The van der Waals surface area contributed by atoms with Crippen molar-refractivity contribution in [2.75, 3.05) is 20.8 Å². The van der Waals surface area contributed by atoms with Gasteiger partial charge in [-0.05, 0) is 25.3 Å². The molecule has 1 aromatic carbocycles. The Kier molecular flexibility index (Phi) is 5.16. The fourth-order valence-electron chi connectivity index (χ4n) is 2.32. The fourth-order valence-corrected chi connectivity index (χ4v) is 2.32. The fraction of sp³-hybridized carbons (Fsp3) is 0.471. The highest BCUT2D eigenvalue weighted by molar-refractivity contribution is 5.98. The lowest BCUT2D eigenvalue weighted by atomic mass is 10.0. The van der Waals surface area contributed by atoms with E-state index >= 15 is 0 Å². The first-order chi connectivity index (χ1) is 10.7. The van der Waals surface area contributed by atoms with Gasteiger partial charge in [-0.2, -0.15) is 0 Å². The van der Waals surface area contributed by atoms with Gasteiger partial charge < -0.3 is 19.5 Å². The van der Waals surface area contributed by atoms with Crippen LogP contribution in [0.4, 0.5) is 0 Å². The lowest BCUT2D eigenvalue weighted by Crippen LogP contribution is -2.26. The number of carbonyl (C=O) groups is 1. The van der Waals surface area contributed by atoms with Crippen LogP contribution in [0.25, 0.3) is 0 Å². The predicted octanol–water partition coefficient (Wildman–Crippen LogP) is 2.17. The molecule has 0 aromatic heterocycles. The van der Waals surface area contributed by atoms with Crippen molar-refractivity contribution in [3.05, 3.63) is 17.2 Å².